The zero-order chi connectivity index (χ0) is 13.7. The highest BCUT2D eigenvalue weighted by atomic mass is 15.3. The van der Waals surface area contributed by atoms with E-state index in [0.717, 1.165) is 6.42 Å². The van der Waals surface area contributed by atoms with Gasteiger partial charge in [-0.25, -0.2) is 5.84 Å². The number of hydrogen-bond donors (Lipinski definition) is 4. The van der Waals surface area contributed by atoms with Gasteiger partial charge in [0.15, 0.2) is 0 Å². The summed E-state index contributed by atoms with van der Waals surface area (Å²) >= 11 is 0. The third-order valence-corrected chi connectivity index (χ3v) is 2.82. The molecule has 0 fully saturated rings. The maximum absolute atomic E-state index is 5.63. The van der Waals surface area contributed by atoms with Gasteiger partial charge in [0.1, 0.15) is 11.6 Å². The van der Waals surface area contributed by atoms with E-state index >= 15 is 0 Å². The van der Waals surface area contributed by atoms with Crippen molar-refractivity contribution >= 4 is 17.6 Å². The Balaban J connectivity index is 2.21. The molecule has 6 heteroatoms. The number of hydrazine groups is 1. The smallest absolute Gasteiger partial charge is 0.223 e. The molecule has 0 aliphatic carbocycles. The van der Waals surface area contributed by atoms with Crippen LogP contribution in [0.3, 0.4) is 0 Å². The van der Waals surface area contributed by atoms with Gasteiger partial charge in [-0.3, -0.25) is 0 Å². The fourth-order valence-electron chi connectivity index (χ4n) is 1.90. The summed E-state index contributed by atoms with van der Waals surface area (Å²) in [5.74, 6) is 6.65. The lowest BCUT2D eigenvalue weighted by atomic mass is 10.0. The normalized spacial score (nSPS) is 11.9. The monoisotopic (exact) mass is 258 g/mol. The van der Waals surface area contributed by atoms with E-state index in [2.05, 4.69) is 39.8 Å². The molecule has 1 aromatic carbocycles. The second-order valence-corrected chi connectivity index (χ2v) is 4.16. The van der Waals surface area contributed by atoms with Crippen molar-refractivity contribution in [3.8, 4) is 0 Å². The molecular weight excluding hydrogens is 240 g/mol. The first-order valence-corrected chi connectivity index (χ1v) is 6.15. The Labute approximate surface area is 112 Å². The first kappa shape index (κ1) is 13.1. The highest BCUT2D eigenvalue weighted by Gasteiger charge is 2.10. The van der Waals surface area contributed by atoms with Crippen molar-refractivity contribution in [1.82, 2.24) is 9.97 Å². The van der Waals surface area contributed by atoms with E-state index in [4.69, 9.17) is 11.6 Å². The standard InChI is InChI=1S/C13H18N6/c1-2-10(9-6-4-3-5-7-9)16-11-8-12(19-15)18-13(14)17-11/h3-8,10H,2,15H2,1H3,(H4,14,16,17,18,19). The second-order valence-electron chi connectivity index (χ2n) is 4.16. The summed E-state index contributed by atoms with van der Waals surface area (Å²) in [5, 5.41) is 3.33. The molecule has 0 aliphatic heterocycles. The van der Waals surface area contributed by atoms with Gasteiger partial charge in [-0.2, -0.15) is 9.97 Å². The predicted octanol–water partition coefficient (Wildman–Crippen LogP) is 1.91. The lowest BCUT2D eigenvalue weighted by molar-refractivity contribution is 0.744. The van der Waals surface area contributed by atoms with E-state index in [1.165, 1.54) is 5.56 Å². The average molecular weight is 258 g/mol. The molecule has 0 spiro atoms. The van der Waals surface area contributed by atoms with E-state index < -0.39 is 0 Å². The maximum Gasteiger partial charge on any atom is 0.223 e. The van der Waals surface area contributed by atoms with Gasteiger partial charge in [0.05, 0.1) is 6.04 Å². The summed E-state index contributed by atoms with van der Waals surface area (Å²) in [6.07, 6.45) is 0.930. The lowest BCUT2D eigenvalue weighted by Gasteiger charge is -2.18. The molecule has 0 saturated heterocycles. The summed E-state index contributed by atoms with van der Waals surface area (Å²) in [4.78, 5) is 8.10. The molecule has 19 heavy (non-hydrogen) atoms. The number of nitrogens with zero attached hydrogens (tertiary/aromatic N) is 2. The average Bonchev–Trinajstić information content (AvgIpc) is 2.45. The van der Waals surface area contributed by atoms with Gasteiger partial charge in [-0.05, 0) is 12.0 Å². The maximum atomic E-state index is 5.63. The molecule has 0 amide bonds. The number of rotatable bonds is 5. The molecule has 1 atom stereocenters. The van der Waals surface area contributed by atoms with Crippen LogP contribution in [0.4, 0.5) is 17.6 Å². The Morgan fingerprint density at radius 2 is 1.84 bits per heavy atom. The van der Waals surface area contributed by atoms with Crippen LogP contribution in [-0.4, -0.2) is 9.97 Å². The quantitative estimate of drug-likeness (QED) is 0.482. The van der Waals surface area contributed by atoms with Crippen LogP contribution in [0.5, 0.6) is 0 Å². The van der Waals surface area contributed by atoms with Gasteiger partial charge < -0.3 is 16.5 Å². The number of anilines is 3. The van der Waals surface area contributed by atoms with E-state index in [1.54, 1.807) is 6.07 Å². The highest BCUT2D eigenvalue weighted by molar-refractivity contribution is 5.51. The number of benzene rings is 1. The van der Waals surface area contributed by atoms with Crippen LogP contribution >= 0.6 is 0 Å². The molecule has 0 radical (unpaired) electrons. The minimum absolute atomic E-state index is 0.168. The summed E-state index contributed by atoms with van der Waals surface area (Å²) < 4.78 is 0. The largest absolute Gasteiger partial charge is 0.368 e. The molecule has 1 heterocycles. The molecule has 6 nitrogen and oxygen atoms in total. The van der Waals surface area contributed by atoms with E-state index in [9.17, 15) is 0 Å². The third kappa shape index (κ3) is 3.32. The summed E-state index contributed by atoms with van der Waals surface area (Å²) in [7, 11) is 0. The zero-order valence-corrected chi connectivity index (χ0v) is 10.8. The Morgan fingerprint density at radius 1 is 1.16 bits per heavy atom. The van der Waals surface area contributed by atoms with Crippen molar-refractivity contribution in [3.63, 3.8) is 0 Å². The molecule has 2 rings (SSSR count). The number of nitrogens with two attached hydrogens (primary N) is 2. The van der Waals surface area contributed by atoms with E-state index in [-0.39, 0.29) is 12.0 Å². The lowest BCUT2D eigenvalue weighted by Crippen LogP contribution is -2.14. The van der Waals surface area contributed by atoms with Crippen LogP contribution in [0.25, 0.3) is 0 Å². The molecule has 6 N–H and O–H groups in total. The van der Waals surface area contributed by atoms with Crippen LogP contribution in [-0.2, 0) is 0 Å². The third-order valence-electron chi connectivity index (χ3n) is 2.82. The SMILES string of the molecule is CCC(Nc1cc(NN)nc(N)n1)c1ccccc1. The Morgan fingerprint density at radius 3 is 2.47 bits per heavy atom. The van der Waals surface area contributed by atoms with Gasteiger partial charge in [0.25, 0.3) is 0 Å². The highest BCUT2D eigenvalue weighted by Crippen LogP contribution is 2.22. The summed E-state index contributed by atoms with van der Waals surface area (Å²) in [6.45, 7) is 2.11. The zero-order valence-electron chi connectivity index (χ0n) is 10.8. The number of aromatic nitrogens is 2. The van der Waals surface area contributed by atoms with Crippen molar-refractivity contribution in [2.75, 3.05) is 16.5 Å². The van der Waals surface area contributed by atoms with Crippen LogP contribution < -0.4 is 22.3 Å². The topological polar surface area (TPSA) is 102 Å². The van der Waals surface area contributed by atoms with Gasteiger partial charge >= 0.3 is 0 Å². The van der Waals surface area contributed by atoms with Crippen LogP contribution in [0.15, 0.2) is 36.4 Å². The number of hydrogen-bond acceptors (Lipinski definition) is 6. The summed E-state index contributed by atoms with van der Waals surface area (Å²) in [5.41, 5.74) is 9.30. The van der Waals surface area contributed by atoms with Crippen LogP contribution in [0.1, 0.15) is 24.9 Å². The van der Waals surface area contributed by atoms with Gasteiger partial charge in [-0.15, -0.1) is 0 Å². The Hall–Kier alpha value is -2.34. The van der Waals surface area contributed by atoms with Crippen molar-refractivity contribution in [1.29, 1.82) is 0 Å². The minimum Gasteiger partial charge on any atom is -0.368 e. The molecule has 2 aromatic rings. The van der Waals surface area contributed by atoms with Crippen molar-refractivity contribution in [2.45, 2.75) is 19.4 Å². The first-order chi connectivity index (χ1) is 9.22. The molecule has 0 saturated carbocycles. The number of nitrogens with one attached hydrogen (secondary N) is 2. The molecule has 0 bridgehead atoms. The fourth-order valence-corrected chi connectivity index (χ4v) is 1.90. The molecule has 100 valence electrons. The second kappa shape index (κ2) is 6.01. The van der Waals surface area contributed by atoms with Crippen molar-refractivity contribution in [2.24, 2.45) is 5.84 Å². The Kier molecular flexibility index (Phi) is 4.15. The fraction of sp³-hybridized carbons (Fsp3) is 0.231. The Bertz CT molecular complexity index is 528. The molecular formula is C13H18N6. The van der Waals surface area contributed by atoms with Gasteiger partial charge in [0, 0.05) is 6.07 Å². The molecule has 0 aliphatic rings. The molecule has 1 aromatic heterocycles. The predicted molar refractivity (Wildman–Crippen MR) is 77.4 cm³/mol. The first-order valence-electron chi connectivity index (χ1n) is 6.15. The van der Waals surface area contributed by atoms with Crippen molar-refractivity contribution < 1.29 is 0 Å². The van der Waals surface area contributed by atoms with E-state index in [0.29, 0.717) is 11.6 Å². The summed E-state index contributed by atoms with van der Waals surface area (Å²) in [6, 6.07) is 12.1. The van der Waals surface area contributed by atoms with E-state index in [1.807, 2.05) is 18.2 Å². The van der Waals surface area contributed by atoms with Crippen LogP contribution in [0, 0.1) is 0 Å². The van der Waals surface area contributed by atoms with Crippen LogP contribution in [0.2, 0.25) is 0 Å². The van der Waals surface area contributed by atoms with Gasteiger partial charge in [-0.1, -0.05) is 37.3 Å². The van der Waals surface area contributed by atoms with Gasteiger partial charge in [0.2, 0.25) is 5.95 Å². The molecule has 1 unspecified atom stereocenters. The minimum atomic E-state index is 0.168. The number of nitrogen functional groups attached to an aromatic ring is 2. The van der Waals surface area contributed by atoms with Crippen molar-refractivity contribution in [3.05, 3.63) is 42.0 Å².